The van der Waals surface area contributed by atoms with Gasteiger partial charge in [0.25, 0.3) is 0 Å². The summed E-state index contributed by atoms with van der Waals surface area (Å²) in [6, 6.07) is 10.8. The van der Waals surface area contributed by atoms with Crippen LogP contribution < -0.4 is 9.47 Å². The number of hydrogen-bond acceptors (Lipinski definition) is 5. The largest absolute Gasteiger partial charge is 0.486 e. The minimum Gasteiger partial charge on any atom is -0.486 e. The summed E-state index contributed by atoms with van der Waals surface area (Å²) in [4.78, 5) is 17.5. The molecule has 1 saturated heterocycles. The van der Waals surface area contributed by atoms with Gasteiger partial charge in [0, 0.05) is 12.1 Å². The predicted molar refractivity (Wildman–Crippen MR) is 108 cm³/mol. The molecule has 29 heavy (non-hydrogen) atoms. The molecule has 6 nitrogen and oxygen atoms in total. The topological polar surface area (TPSA) is 55.2 Å². The van der Waals surface area contributed by atoms with Gasteiger partial charge in [0.2, 0.25) is 5.91 Å². The second-order valence-corrected chi connectivity index (χ2v) is 8.30. The summed E-state index contributed by atoms with van der Waals surface area (Å²) >= 11 is 0. The number of likely N-dealkylation sites (tertiary alicyclic amines) is 1. The van der Waals surface area contributed by atoms with Gasteiger partial charge < -0.3 is 18.8 Å². The van der Waals surface area contributed by atoms with Gasteiger partial charge >= 0.3 is 0 Å². The Hall–Kier alpha value is -2.47. The fraction of sp³-hybridized carbons (Fsp3) is 0.522. The standard InChI is InChI=1S/C23H28N2O4/c1-16-4-8-19(29-16)14-25(18-6-7-18)23(26)15-24-10-2-3-20(24)17-5-9-21-22(13-17)28-12-11-27-21/h4-5,8-9,13,18,20H,2-3,6-7,10-12,14-15H2,1H3. The lowest BCUT2D eigenvalue weighted by Gasteiger charge is -2.29. The number of aryl methyl sites for hydroxylation is 1. The van der Waals surface area contributed by atoms with Crippen molar-refractivity contribution in [1.82, 2.24) is 9.80 Å². The lowest BCUT2D eigenvalue weighted by molar-refractivity contribution is -0.134. The molecule has 2 aromatic rings. The summed E-state index contributed by atoms with van der Waals surface area (Å²) in [7, 11) is 0. The van der Waals surface area contributed by atoms with Crippen molar-refractivity contribution in [2.75, 3.05) is 26.3 Å². The van der Waals surface area contributed by atoms with Crippen molar-refractivity contribution in [1.29, 1.82) is 0 Å². The number of hydrogen-bond donors (Lipinski definition) is 0. The predicted octanol–water partition coefficient (Wildman–Crippen LogP) is 3.69. The molecule has 1 amide bonds. The van der Waals surface area contributed by atoms with Crippen molar-refractivity contribution in [2.24, 2.45) is 0 Å². The molecule has 1 aromatic heterocycles. The fourth-order valence-corrected chi connectivity index (χ4v) is 4.47. The first kappa shape index (κ1) is 18.6. The Morgan fingerprint density at radius 3 is 2.69 bits per heavy atom. The molecule has 1 aliphatic carbocycles. The molecule has 0 N–H and O–H groups in total. The summed E-state index contributed by atoms with van der Waals surface area (Å²) in [6.07, 6.45) is 4.36. The monoisotopic (exact) mass is 396 g/mol. The van der Waals surface area contributed by atoms with Gasteiger partial charge in [-0.1, -0.05) is 6.07 Å². The van der Waals surface area contributed by atoms with Crippen LogP contribution in [-0.4, -0.2) is 48.1 Å². The van der Waals surface area contributed by atoms with Crippen LogP contribution in [0.4, 0.5) is 0 Å². The molecule has 2 fully saturated rings. The molecule has 6 heteroatoms. The van der Waals surface area contributed by atoms with E-state index in [1.807, 2.05) is 30.0 Å². The Kier molecular flexibility index (Phi) is 4.96. The highest BCUT2D eigenvalue weighted by Gasteiger charge is 2.36. The quantitative estimate of drug-likeness (QED) is 0.745. The van der Waals surface area contributed by atoms with Gasteiger partial charge in [0.1, 0.15) is 24.7 Å². The Labute approximate surface area is 171 Å². The van der Waals surface area contributed by atoms with Gasteiger partial charge in [-0.2, -0.15) is 0 Å². The van der Waals surface area contributed by atoms with Gasteiger partial charge in [0.05, 0.1) is 13.1 Å². The Morgan fingerprint density at radius 1 is 1.10 bits per heavy atom. The number of amides is 1. The number of furan rings is 1. The molecule has 1 unspecified atom stereocenters. The zero-order valence-corrected chi connectivity index (χ0v) is 16.9. The molecule has 3 heterocycles. The van der Waals surface area contributed by atoms with Gasteiger partial charge in [-0.15, -0.1) is 0 Å². The van der Waals surface area contributed by atoms with Crippen molar-refractivity contribution in [3.63, 3.8) is 0 Å². The normalized spacial score (nSPS) is 21.3. The maximum absolute atomic E-state index is 13.2. The van der Waals surface area contributed by atoms with Crippen LogP contribution in [0.15, 0.2) is 34.7 Å². The van der Waals surface area contributed by atoms with E-state index in [2.05, 4.69) is 17.0 Å². The third kappa shape index (κ3) is 3.99. The zero-order chi connectivity index (χ0) is 19.8. The van der Waals surface area contributed by atoms with Crippen molar-refractivity contribution >= 4 is 5.91 Å². The number of nitrogens with zero attached hydrogens (tertiary/aromatic N) is 2. The number of fused-ring (bicyclic) bond motifs is 1. The van der Waals surface area contributed by atoms with E-state index in [0.29, 0.717) is 32.3 Å². The molecular formula is C23H28N2O4. The van der Waals surface area contributed by atoms with Crippen molar-refractivity contribution in [3.05, 3.63) is 47.4 Å². The Morgan fingerprint density at radius 2 is 1.93 bits per heavy atom. The molecule has 1 saturated carbocycles. The van der Waals surface area contributed by atoms with E-state index in [4.69, 9.17) is 13.9 Å². The lowest BCUT2D eigenvalue weighted by atomic mass is 10.0. The SMILES string of the molecule is Cc1ccc(CN(C(=O)CN2CCCC2c2ccc3c(c2)OCCO3)C2CC2)o1. The van der Waals surface area contributed by atoms with E-state index >= 15 is 0 Å². The van der Waals surface area contributed by atoms with Crippen LogP contribution in [0.1, 0.15) is 48.8 Å². The van der Waals surface area contributed by atoms with E-state index in [-0.39, 0.29) is 11.9 Å². The summed E-state index contributed by atoms with van der Waals surface area (Å²) in [6.45, 7) is 5.10. The molecule has 2 aliphatic heterocycles. The minimum absolute atomic E-state index is 0.200. The molecule has 3 aliphatic rings. The Bertz CT molecular complexity index is 889. The molecule has 1 aromatic carbocycles. The number of carbonyl (C=O) groups is 1. The van der Waals surface area contributed by atoms with E-state index < -0.39 is 0 Å². The third-order valence-electron chi connectivity index (χ3n) is 6.08. The molecule has 0 bridgehead atoms. The first-order chi connectivity index (χ1) is 14.2. The van der Waals surface area contributed by atoms with Gasteiger partial charge in [-0.3, -0.25) is 9.69 Å². The van der Waals surface area contributed by atoms with E-state index in [0.717, 1.165) is 55.2 Å². The maximum Gasteiger partial charge on any atom is 0.237 e. The number of carbonyl (C=O) groups excluding carboxylic acids is 1. The van der Waals surface area contributed by atoms with Crippen LogP contribution >= 0.6 is 0 Å². The van der Waals surface area contributed by atoms with Gasteiger partial charge in [-0.05, 0) is 69.0 Å². The van der Waals surface area contributed by atoms with E-state index in [9.17, 15) is 4.79 Å². The highest BCUT2D eigenvalue weighted by molar-refractivity contribution is 5.79. The molecular weight excluding hydrogens is 368 g/mol. The highest BCUT2D eigenvalue weighted by Crippen LogP contribution is 2.38. The van der Waals surface area contributed by atoms with Crippen LogP contribution in [0.5, 0.6) is 11.5 Å². The fourth-order valence-electron chi connectivity index (χ4n) is 4.47. The van der Waals surface area contributed by atoms with Crippen LogP contribution in [-0.2, 0) is 11.3 Å². The van der Waals surface area contributed by atoms with Gasteiger partial charge in [0.15, 0.2) is 11.5 Å². The Balaban J connectivity index is 1.29. The number of rotatable bonds is 6. The summed E-state index contributed by atoms with van der Waals surface area (Å²) in [5.74, 6) is 3.59. The minimum atomic E-state index is 0.200. The molecule has 0 spiro atoms. The van der Waals surface area contributed by atoms with E-state index in [1.165, 1.54) is 5.56 Å². The average molecular weight is 396 g/mol. The molecule has 5 rings (SSSR count). The number of benzene rings is 1. The van der Waals surface area contributed by atoms with Crippen molar-refractivity contribution < 1.29 is 18.7 Å². The zero-order valence-electron chi connectivity index (χ0n) is 16.9. The van der Waals surface area contributed by atoms with Crippen molar-refractivity contribution in [3.8, 4) is 11.5 Å². The second kappa shape index (κ2) is 7.75. The van der Waals surface area contributed by atoms with E-state index in [1.54, 1.807) is 0 Å². The van der Waals surface area contributed by atoms with Gasteiger partial charge in [-0.25, -0.2) is 0 Å². The smallest absolute Gasteiger partial charge is 0.237 e. The third-order valence-corrected chi connectivity index (χ3v) is 6.08. The van der Waals surface area contributed by atoms with Crippen molar-refractivity contribution in [2.45, 2.75) is 51.2 Å². The average Bonchev–Trinajstić information content (AvgIpc) is 3.33. The number of ether oxygens (including phenoxy) is 2. The highest BCUT2D eigenvalue weighted by atomic mass is 16.6. The lowest BCUT2D eigenvalue weighted by Crippen LogP contribution is -2.41. The summed E-state index contributed by atoms with van der Waals surface area (Å²) in [5, 5.41) is 0. The molecule has 1 atom stereocenters. The molecule has 154 valence electrons. The van der Waals surface area contributed by atoms with Crippen LogP contribution in [0.25, 0.3) is 0 Å². The first-order valence-corrected chi connectivity index (χ1v) is 10.7. The van der Waals surface area contributed by atoms with Crippen LogP contribution in [0, 0.1) is 6.92 Å². The summed E-state index contributed by atoms with van der Waals surface area (Å²) < 4.78 is 17.1. The maximum atomic E-state index is 13.2. The van der Waals surface area contributed by atoms with Crippen LogP contribution in [0.2, 0.25) is 0 Å². The van der Waals surface area contributed by atoms with Crippen LogP contribution in [0.3, 0.4) is 0 Å². The molecule has 0 radical (unpaired) electrons. The second-order valence-electron chi connectivity index (χ2n) is 8.30. The first-order valence-electron chi connectivity index (χ1n) is 10.7. The summed E-state index contributed by atoms with van der Waals surface area (Å²) in [5.41, 5.74) is 1.21.